The largest absolute Gasteiger partial charge is 0.333 e. The van der Waals surface area contributed by atoms with Crippen LogP contribution in [0, 0.1) is 17.3 Å². The molecule has 1 aromatic heterocycles. The third kappa shape index (κ3) is 4.54. The second-order valence-corrected chi connectivity index (χ2v) is 6.57. The van der Waals surface area contributed by atoms with E-state index in [-0.39, 0.29) is 11.3 Å². The topological polar surface area (TPSA) is 87.7 Å². The summed E-state index contributed by atoms with van der Waals surface area (Å²) in [6, 6.07) is 0. The van der Waals surface area contributed by atoms with Crippen LogP contribution in [-0.4, -0.2) is 14.5 Å². The molecule has 1 rings (SSSR count). The Kier molecular flexibility index (Phi) is 4.55. The fraction of sp³-hybridized carbons (Fsp3) is 0.769. The standard InChI is InChI=1S/C13H23N3O3/c1-8(2)9(6-13(3,4)5)7-16-11(18)14-10(17)15-12(16)19/h8-9H,6-7H2,1-5H3,(H2,14,15,17,18,19). The molecular formula is C13H23N3O3. The van der Waals surface area contributed by atoms with E-state index in [0.717, 1.165) is 11.0 Å². The van der Waals surface area contributed by atoms with Gasteiger partial charge in [-0.2, -0.15) is 0 Å². The SMILES string of the molecule is CC(C)C(Cn1c(=O)[nH]c(=O)[nH]c1=O)CC(C)(C)C. The number of nitrogens with zero attached hydrogens (tertiary/aromatic N) is 1. The second kappa shape index (κ2) is 5.59. The van der Waals surface area contributed by atoms with Gasteiger partial charge in [0.1, 0.15) is 0 Å². The van der Waals surface area contributed by atoms with E-state index in [1.807, 2.05) is 0 Å². The number of nitrogens with one attached hydrogen (secondary N) is 2. The van der Waals surface area contributed by atoms with Crippen molar-refractivity contribution >= 4 is 0 Å². The minimum absolute atomic E-state index is 0.119. The highest BCUT2D eigenvalue weighted by molar-refractivity contribution is 4.76. The molecule has 0 aromatic carbocycles. The molecule has 1 unspecified atom stereocenters. The molecule has 2 N–H and O–H groups in total. The summed E-state index contributed by atoms with van der Waals surface area (Å²) < 4.78 is 1.07. The summed E-state index contributed by atoms with van der Waals surface area (Å²) in [6.07, 6.45) is 0.898. The van der Waals surface area contributed by atoms with Crippen LogP contribution in [0.25, 0.3) is 0 Å². The molecule has 6 nitrogen and oxygen atoms in total. The second-order valence-electron chi connectivity index (χ2n) is 6.57. The lowest BCUT2D eigenvalue weighted by Gasteiger charge is -2.28. The van der Waals surface area contributed by atoms with Crippen LogP contribution in [-0.2, 0) is 6.54 Å². The molecule has 19 heavy (non-hydrogen) atoms. The van der Waals surface area contributed by atoms with Gasteiger partial charge in [-0.15, -0.1) is 0 Å². The Morgan fingerprint density at radius 3 is 1.89 bits per heavy atom. The molecule has 0 aliphatic rings. The molecule has 0 saturated heterocycles. The van der Waals surface area contributed by atoms with Gasteiger partial charge in [0.25, 0.3) is 0 Å². The highest BCUT2D eigenvalue weighted by Crippen LogP contribution is 2.29. The van der Waals surface area contributed by atoms with Gasteiger partial charge in [0, 0.05) is 6.54 Å². The first kappa shape index (κ1) is 15.5. The van der Waals surface area contributed by atoms with Crippen LogP contribution in [0.1, 0.15) is 41.0 Å². The molecule has 0 bridgehead atoms. The van der Waals surface area contributed by atoms with Crippen LogP contribution in [0.15, 0.2) is 14.4 Å². The molecule has 108 valence electrons. The maximum Gasteiger partial charge on any atom is 0.333 e. The molecule has 0 spiro atoms. The molecule has 6 heteroatoms. The summed E-state index contributed by atoms with van der Waals surface area (Å²) in [7, 11) is 0. The van der Waals surface area contributed by atoms with Crippen molar-refractivity contribution in [3.63, 3.8) is 0 Å². The number of aromatic amines is 2. The lowest BCUT2D eigenvalue weighted by molar-refractivity contribution is 0.214. The van der Waals surface area contributed by atoms with Crippen LogP contribution in [0.4, 0.5) is 0 Å². The highest BCUT2D eigenvalue weighted by Gasteiger charge is 2.23. The minimum Gasteiger partial charge on any atom is -0.259 e. The van der Waals surface area contributed by atoms with E-state index in [9.17, 15) is 14.4 Å². The van der Waals surface area contributed by atoms with Gasteiger partial charge in [-0.3, -0.25) is 9.97 Å². The van der Waals surface area contributed by atoms with E-state index in [1.165, 1.54) is 0 Å². The lowest BCUT2D eigenvalue weighted by Crippen LogP contribution is -2.45. The van der Waals surface area contributed by atoms with Gasteiger partial charge in [-0.05, 0) is 23.7 Å². The van der Waals surface area contributed by atoms with Gasteiger partial charge in [0.05, 0.1) is 0 Å². The quantitative estimate of drug-likeness (QED) is 0.852. The summed E-state index contributed by atoms with van der Waals surface area (Å²) in [5.74, 6) is 0.544. The van der Waals surface area contributed by atoms with Crippen molar-refractivity contribution in [2.75, 3.05) is 0 Å². The summed E-state index contributed by atoms with van der Waals surface area (Å²) in [5.41, 5.74) is -1.93. The van der Waals surface area contributed by atoms with Gasteiger partial charge in [-0.1, -0.05) is 34.6 Å². The van der Waals surface area contributed by atoms with Crippen LogP contribution in [0.2, 0.25) is 0 Å². The van der Waals surface area contributed by atoms with E-state index >= 15 is 0 Å². The van der Waals surface area contributed by atoms with Crippen molar-refractivity contribution in [1.29, 1.82) is 0 Å². The number of H-pyrrole nitrogens is 2. The zero-order chi connectivity index (χ0) is 14.8. The monoisotopic (exact) mass is 269 g/mol. The van der Waals surface area contributed by atoms with Crippen LogP contribution in [0.3, 0.4) is 0 Å². The molecule has 0 radical (unpaired) electrons. The third-order valence-electron chi connectivity index (χ3n) is 3.17. The Balaban J connectivity index is 3.08. The summed E-state index contributed by atoms with van der Waals surface area (Å²) in [4.78, 5) is 38.5. The normalized spacial score (nSPS) is 13.8. The molecule has 0 aliphatic heterocycles. The van der Waals surface area contributed by atoms with E-state index < -0.39 is 17.1 Å². The summed E-state index contributed by atoms with van der Waals surface area (Å²) in [6.45, 7) is 10.8. The fourth-order valence-corrected chi connectivity index (χ4v) is 2.15. The zero-order valence-electron chi connectivity index (χ0n) is 12.2. The van der Waals surface area contributed by atoms with E-state index in [2.05, 4.69) is 44.6 Å². The number of hydrogen-bond donors (Lipinski definition) is 2. The number of aromatic nitrogens is 3. The van der Waals surface area contributed by atoms with Crippen LogP contribution in [0.5, 0.6) is 0 Å². The summed E-state index contributed by atoms with van der Waals surface area (Å²) >= 11 is 0. The smallest absolute Gasteiger partial charge is 0.259 e. The van der Waals surface area contributed by atoms with Crippen molar-refractivity contribution in [3.05, 3.63) is 31.5 Å². The average Bonchev–Trinajstić information content (AvgIpc) is 2.19. The first-order valence-corrected chi connectivity index (χ1v) is 6.53. The van der Waals surface area contributed by atoms with Crippen molar-refractivity contribution in [2.24, 2.45) is 17.3 Å². The molecule has 1 atom stereocenters. The molecule has 0 aliphatic carbocycles. The van der Waals surface area contributed by atoms with Crippen molar-refractivity contribution < 1.29 is 0 Å². The predicted molar refractivity (Wildman–Crippen MR) is 74.3 cm³/mol. The molecule has 0 fully saturated rings. The Labute approximate surface area is 111 Å². The summed E-state index contributed by atoms with van der Waals surface area (Å²) in [5, 5.41) is 0. The van der Waals surface area contributed by atoms with Gasteiger partial charge in [0.2, 0.25) is 0 Å². The third-order valence-corrected chi connectivity index (χ3v) is 3.17. The van der Waals surface area contributed by atoms with Crippen LogP contribution >= 0.6 is 0 Å². The zero-order valence-corrected chi connectivity index (χ0v) is 12.2. The van der Waals surface area contributed by atoms with Gasteiger partial charge in [0.15, 0.2) is 0 Å². The van der Waals surface area contributed by atoms with Crippen molar-refractivity contribution in [2.45, 2.75) is 47.6 Å². The molecule has 1 heterocycles. The van der Waals surface area contributed by atoms with E-state index in [1.54, 1.807) is 0 Å². The Bertz CT molecular complexity index is 552. The van der Waals surface area contributed by atoms with E-state index in [4.69, 9.17) is 0 Å². The highest BCUT2D eigenvalue weighted by atomic mass is 16.2. The number of hydrogen-bond acceptors (Lipinski definition) is 3. The van der Waals surface area contributed by atoms with Crippen molar-refractivity contribution in [1.82, 2.24) is 14.5 Å². The van der Waals surface area contributed by atoms with E-state index in [0.29, 0.717) is 12.5 Å². The Morgan fingerprint density at radius 2 is 1.53 bits per heavy atom. The Morgan fingerprint density at radius 1 is 1.05 bits per heavy atom. The first-order chi connectivity index (χ1) is 8.60. The van der Waals surface area contributed by atoms with Gasteiger partial charge in [-0.25, -0.2) is 19.0 Å². The maximum absolute atomic E-state index is 11.7. The number of rotatable bonds is 4. The predicted octanol–water partition coefficient (Wildman–Crippen LogP) is 0.933. The maximum atomic E-state index is 11.7. The average molecular weight is 269 g/mol. The lowest BCUT2D eigenvalue weighted by atomic mass is 9.79. The van der Waals surface area contributed by atoms with Crippen LogP contribution < -0.4 is 17.1 Å². The molecule has 0 saturated carbocycles. The Hall–Kier alpha value is -1.59. The van der Waals surface area contributed by atoms with Gasteiger partial charge >= 0.3 is 17.1 Å². The van der Waals surface area contributed by atoms with Crippen molar-refractivity contribution in [3.8, 4) is 0 Å². The molecule has 0 amide bonds. The minimum atomic E-state index is -0.761. The van der Waals surface area contributed by atoms with Gasteiger partial charge < -0.3 is 0 Å². The molecular weight excluding hydrogens is 246 g/mol. The first-order valence-electron chi connectivity index (χ1n) is 6.53. The fourth-order valence-electron chi connectivity index (χ4n) is 2.15. The molecule has 1 aromatic rings.